The van der Waals surface area contributed by atoms with E-state index in [-0.39, 0.29) is 6.61 Å². The Kier molecular flexibility index (Phi) is 6.56. The van der Waals surface area contributed by atoms with Gasteiger partial charge in [0.1, 0.15) is 0 Å². The van der Waals surface area contributed by atoms with Crippen LogP contribution in [0.25, 0.3) is 0 Å². The van der Waals surface area contributed by atoms with Crippen LogP contribution in [0, 0.1) is 12.8 Å². The van der Waals surface area contributed by atoms with Crippen molar-refractivity contribution in [3.05, 3.63) is 34.3 Å². The molecule has 0 aliphatic heterocycles. The molecule has 17 heavy (non-hydrogen) atoms. The molecule has 3 heteroatoms. The smallest absolute Gasteiger partial charge is 0.0456 e. The number of benzene rings is 1. The second-order valence-corrected chi connectivity index (χ2v) is 5.11. The van der Waals surface area contributed by atoms with Gasteiger partial charge in [0.2, 0.25) is 0 Å². The number of hydrogen-bond donors (Lipinski definition) is 2. The average Bonchev–Trinajstić information content (AvgIpc) is 2.30. The molecule has 0 saturated carbocycles. The summed E-state index contributed by atoms with van der Waals surface area (Å²) in [5, 5.41) is 13.1. The summed E-state index contributed by atoms with van der Waals surface area (Å²) in [7, 11) is 0. The molecule has 0 fully saturated rings. The summed E-state index contributed by atoms with van der Waals surface area (Å²) in [5.41, 5.74) is 2.34. The highest BCUT2D eigenvalue weighted by molar-refractivity contribution is 6.31. The van der Waals surface area contributed by atoms with Crippen LogP contribution in [0.4, 0.5) is 0 Å². The predicted octanol–water partition coefficient (Wildman–Crippen LogP) is 3.15. The summed E-state index contributed by atoms with van der Waals surface area (Å²) in [6.07, 6.45) is 2.15. The molecule has 0 saturated heterocycles. The van der Waals surface area contributed by atoms with Gasteiger partial charge >= 0.3 is 0 Å². The molecule has 1 aromatic rings. The molecule has 1 unspecified atom stereocenters. The second-order valence-electron chi connectivity index (χ2n) is 4.70. The Labute approximate surface area is 109 Å². The number of rotatable bonds is 7. The van der Waals surface area contributed by atoms with E-state index in [4.69, 9.17) is 16.7 Å². The molecule has 0 spiro atoms. The summed E-state index contributed by atoms with van der Waals surface area (Å²) in [6.45, 7) is 6.17. The minimum Gasteiger partial charge on any atom is -0.396 e. The molecular weight excluding hydrogens is 234 g/mol. The summed E-state index contributed by atoms with van der Waals surface area (Å²) in [4.78, 5) is 0. The highest BCUT2D eigenvalue weighted by atomic mass is 35.5. The quantitative estimate of drug-likeness (QED) is 0.734. The molecule has 0 aromatic heterocycles. The minimum absolute atomic E-state index is 0.282. The van der Waals surface area contributed by atoms with Crippen molar-refractivity contribution in [2.75, 3.05) is 13.2 Å². The lowest BCUT2D eigenvalue weighted by atomic mass is 10.1. The average molecular weight is 256 g/mol. The van der Waals surface area contributed by atoms with E-state index >= 15 is 0 Å². The Morgan fingerprint density at radius 2 is 2.18 bits per heavy atom. The Morgan fingerprint density at radius 3 is 2.82 bits per heavy atom. The molecule has 96 valence electrons. The van der Waals surface area contributed by atoms with Crippen LogP contribution in [0.15, 0.2) is 18.2 Å². The highest BCUT2D eigenvalue weighted by Crippen LogP contribution is 2.17. The monoisotopic (exact) mass is 255 g/mol. The molecule has 0 heterocycles. The van der Waals surface area contributed by atoms with Crippen LogP contribution in [0.2, 0.25) is 5.02 Å². The molecule has 1 aromatic carbocycles. The fourth-order valence-electron chi connectivity index (χ4n) is 1.69. The van der Waals surface area contributed by atoms with Crippen molar-refractivity contribution in [1.82, 2.24) is 5.32 Å². The molecule has 0 aliphatic carbocycles. The first-order valence-electron chi connectivity index (χ1n) is 6.20. The van der Waals surface area contributed by atoms with Crippen molar-refractivity contribution >= 4 is 11.6 Å². The summed E-state index contributed by atoms with van der Waals surface area (Å²) < 4.78 is 0. The SMILES string of the molecule is Cc1ccc(CNCCCC(C)CO)c(Cl)c1. The Hall–Kier alpha value is -0.570. The van der Waals surface area contributed by atoms with Crippen molar-refractivity contribution < 1.29 is 5.11 Å². The maximum absolute atomic E-state index is 8.89. The normalized spacial score (nSPS) is 12.7. The Morgan fingerprint density at radius 1 is 1.41 bits per heavy atom. The molecule has 2 nitrogen and oxygen atoms in total. The zero-order chi connectivity index (χ0) is 12.7. The van der Waals surface area contributed by atoms with Gasteiger partial charge in [0.15, 0.2) is 0 Å². The van der Waals surface area contributed by atoms with E-state index in [1.165, 1.54) is 5.56 Å². The molecule has 1 rings (SSSR count). The number of aliphatic hydroxyl groups is 1. The molecule has 0 bridgehead atoms. The lowest BCUT2D eigenvalue weighted by Gasteiger charge is -2.09. The van der Waals surface area contributed by atoms with Crippen LogP contribution in [0.5, 0.6) is 0 Å². The maximum Gasteiger partial charge on any atom is 0.0456 e. The van der Waals surface area contributed by atoms with Gasteiger partial charge in [-0.2, -0.15) is 0 Å². The van der Waals surface area contributed by atoms with Gasteiger partial charge in [-0.15, -0.1) is 0 Å². The fourth-order valence-corrected chi connectivity index (χ4v) is 1.99. The Bertz CT molecular complexity index is 341. The van der Waals surface area contributed by atoms with Crippen LogP contribution in [0.3, 0.4) is 0 Å². The summed E-state index contributed by atoms with van der Waals surface area (Å²) in [5.74, 6) is 0.403. The van der Waals surface area contributed by atoms with Gasteiger partial charge in [0.25, 0.3) is 0 Å². The van der Waals surface area contributed by atoms with Crippen molar-refractivity contribution in [2.24, 2.45) is 5.92 Å². The van der Waals surface area contributed by atoms with Crippen LogP contribution in [0.1, 0.15) is 30.9 Å². The van der Waals surface area contributed by atoms with E-state index in [9.17, 15) is 0 Å². The van der Waals surface area contributed by atoms with Gasteiger partial charge in [-0.05, 0) is 49.4 Å². The maximum atomic E-state index is 8.89. The third kappa shape index (κ3) is 5.53. The zero-order valence-corrected chi connectivity index (χ0v) is 11.4. The van der Waals surface area contributed by atoms with Crippen LogP contribution in [-0.4, -0.2) is 18.3 Å². The first-order valence-corrected chi connectivity index (χ1v) is 6.58. The van der Waals surface area contributed by atoms with Gasteiger partial charge in [-0.25, -0.2) is 0 Å². The fraction of sp³-hybridized carbons (Fsp3) is 0.571. The first kappa shape index (κ1) is 14.5. The van der Waals surface area contributed by atoms with E-state index in [1.54, 1.807) is 0 Å². The van der Waals surface area contributed by atoms with E-state index in [0.717, 1.165) is 36.5 Å². The van der Waals surface area contributed by atoms with E-state index in [0.29, 0.717) is 5.92 Å². The molecule has 0 aliphatic rings. The summed E-state index contributed by atoms with van der Waals surface area (Å²) >= 11 is 6.14. The lowest BCUT2D eigenvalue weighted by molar-refractivity contribution is 0.228. The predicted molar refractivity (Wildman–Crippen MR) is 73.4 cm³/mol. The van der Waals surface area contributed by atoms with Gasteiger partial charge in [0, 0.05) is 18.2 Å². The van der Waals surface area contributed by atoms with Gasteiger partial charge in [0.05, 0.1) is 0 Å². The van der Waals surface area contributed by atoms with E-state index < -0.39 is 0 Å². The van der Waals surface area contributed by atoms with Crippen LogP contribution >= 0.6 is 11.6 Å². The first-order chi connectivity index (χ1) is 8.13. The van der Waals surface area contributed by atoms with Gasteiger partial charge in [-0.1, -0.05) is 30.7 Å². The van der Waals surface area contributed by atoms with Crippen LogP contribution < -0.4 is 5.32 Å². The molecular formula is C14H22ClNO. The largest absolute Gasteiger partial charge is 0.396 e. The third-order valence-corrected chi connectivity index (χ3v) is 3.24. The molecule has 2 N–H and O–H groups in total. The number of aryl methyl sites for hydroxylation is 1. The highest BCUT2D eigenvalue weighted by Gasteiger charge is 2.01. The lowest BCUT2D eigenvalue weighted by Crippen LogP contribution is -2.16. The number of halogens is 1. The standard InChI is InChI=1S/C14H22ClNO/c1-11-5-6-13(14(15)8-11)9-16-7-3-4-12(2)10-17/h5-6,8,12,16-17H,3-4,7,9-10H2,1-2H3. The van der Waals surface area contributed by atoms with Gasteiger partial charge in [-0.3, -0.25) is 0 Å². The number of aliphatic hydroxyl groups excluding tert-OH is 1. The van der Waals surface area contributed by atoms with Crippen molar-refractivity contribution in [3.63, 3.8) is 0 Å². The topological polar surface area (TPSA) is 32.3 Å². The van der Waals surface area contributed by atoms with Crippen LogP contribution in [-0.2, 0) is 6.54 Å². The van der Waals surface area contributed by atoms with Crippen molar-refractivity contribution in [3.8, 4) is 0 Å². The zero-order valence-electron chi connectivity index (χ0n) is 10.7. The van der Waals surface area contributed by atoms with Crippen molar-refractivity contribution in [2.45, 2.75) is 33.2 Å². The minimum atomic E-state index is 0.282. The molecule has 0 amide bonds. The van der Waals surface area contributed by atoms with E-state index in [1.807, 2.05) is 13.0 Å². The third-order valence-electron chi connectivity index (χ3n) is 2.89. The molecule has 1 atom stereocenters. The Balaban J connectivity index is 2.22. The van der Waals surface area contributed by atoms with Crippen molar-refractivity contribution in [1.29, 1.82) is 0 Å². The number of hydrogen-bond acceptors (Lipinski definition) is 2. The summed E-state index contributed by atoms with van der Waals surface area (Å²) in [6, 6.07) is 6.14. The number of nitrogens with one attached hydrogen (secondary N) is 1. The molecule has 0 radical (unpaired) electrons. The van der Waals surface area contributed by atoms with E-state index in [2.05, 4.69) is 24.4 Å². The van der Waals surface area contributed by atoms with Gasteiger partial charge < -0.3 is 10.4 Å². The second kappa shape index (κ2) is 7.70.